The fourth-order valence-corrected chi connectivity index (χ4v) is 3.94. The van der Waals surface area contributed by atoms with Crippen molar-refractivity contribution in [1.82, 2.24) is 15.0 Å². The Bertz CT molecular complexity index is 1310. The third kappa shape index (κ3) is 2.77. The summed E-state index contributed by atoms with van der Waals surface area (Å²) in [6, 6.07) is 9.49. The van der Waals surface area contributed by atoms with Gasteiger partial charge in [0.1, 0.15) is 0 Å². The number of aromatic amines is 2. The Balaban J connectivity index is 2.11. The van der Waals surface area contributed by atoms with E-state index in [2.05, 4.69) is 15.0 Å². The lowest BCUT2D eigenvalue weighted by molar-refractivity contribution is -0.250. The molecule has 154 valence electrons. The molecular formula is C22H19F3N4O. The highest BCUT2D eigenvalue weighted by Crippen LogP contribution is 2.48. The molecule has 1 unspecified atom stereocenters. The number of hydrogen-bond acceptors (Lipinski definition) is 3. The number of rotatable bonds is 3. The van der Waals surface area contributed by atoms with Gasteiger partial charge in [0, 0.05) is 22.7 Å². The van der Waals surface area contributed by atoms with Crippen LogP contribution in [-0.4, -0.2) is 26.2 Å². The third-order valence-electron chi connectivity index (χ3n) is 5.42. The number of hydrogen-bond donors (Lipinski definition) is 3. The van der Waals surface area contributed by atoms with Crippen LogP contribution in [0.15, 0.2) is 36.5 Å². The number of nitriles is 1. The topological polar surface area (TPSA) is 88.5 Å². The Labute approximate surface area is 170 Å². The molecule has 2 heterocycles. The molecule has 5 nitrogen and oxygen atoms in total. The van der Waals surface area contributed by atoms with E-state index in [0.717, 1.165) is 5.56 Å². The van der Waals surface area contributed by atoms with Gasteiger partial charge in [-0.25, -0.2) is 4.98 Å². The molecular weight excluding hydrogens is 393 g/mol. The molecule has 0 radical (unpaired) electrons. The summed E-state index contributed by atoms with van der Waals surface area (Å²) in [4.78, 5) is 9.65. The van der Waals surface area contributed by atoms with Gasteiger partial charge in [0.05, 0.1) is 22.7 Å². The molecule has 0 aliphatic heterocycles. The van der Waals surface area contributed by atoms with Crippen LogP contribution in [0.2, 0.25) is 0 Å². The van der Waals surface area contributed by atoms with E-state index in [1.807, 2.05) is 13.0 Å². The van der Waals surface area contributed by atoms with Crippen LogP contribution in [0, 0.1) is 18.3 Å². The molecule has 1 atom stereocenters. The van der Waals surface area contributed by atoms with Crippen molar-refractivity contribution < 1.29 is 18.3 Å². The lowest BCUT2D eigenvalue weighted by Gasteiger charge is -2.32. The molecule has 2 aromatic heterocycles. The number of fused-ring (bicyclic) bond motifs is 2. The molecule has 0 bridgehead atoms. The summed E-state index contributed by atoms with van der Waals surface area (Å²) in [6.45, 7) is 5.38. The number of H-pyrrole nitrogens is 2. The van der Waals surface area contributed by atoms with Crippen molar-refractivity contribution in [2.45, 2.75) is 38.5 Å². The van der Waals surface area contributed by atoms with E-state index in [4.69, 9.17) is 5.26 Å². The standard InChI is InChI=1S/C22H19F3N4O/c1-11(2)15-8-12(3)19-14(6-7-27-19)18(15)21(30,22(23,24)25)20-28-16-5-4-13(10-26)9-17(16)29-20/h4-9,11,27,30H,1-3H3,(H,28,29). The van der Waals surface area contributed by atoms with E-state index in [1.54, 1.807) is 26.1 Å². The number of nitrogens with one attached hydrogen (secondary N) is 2. The molecule has 0 amide bonds. The Hall–Kier alpha value is -3.31. The van der Waals surface area contributed by atoms with Gasteiger partial charge < -0.3 is 15.1 Å². The van der Waals surface area contributed by atoms with Crippen molar-refractivity contribution in [2.75, 3.05) is 0 Å². The van der Waals surface area contributed by atoms with Crippen LogP contribution in [0.1, 0.15) is 47.8 Å². The van der Waals surface area contributed by atoms with Crippen LogP contribution < -0.4 is 0 Å². The summed E-state index contributed by atoms with van der Waals surface area (Å²) in [5.74, 6) is -0.908. The second-order valence-electron chi connectivity index (χ2n) is 7.72. The Kier molecular flexibility index (Phi) is 4.40. The van der Waals surface area contributed by atoms with Crippen LogP contribution in [0.25, 0.3) is 21.9 Å². The molecule has 4 rings (SSSR count). The van der Waals surface area contributed by atoms with E-state index in [1.165, 1.54) is 24.3 Å². The van der Waals surface area contributed by atoms with Gasteiger partial charge in [0.25, 0.3) is 0 Å². The number of alkyl halides is 3. The van der Waals surface area contributed by atoms with Gasteiger partial charge >= 0.3 is 6.18 Å². The van der Waals surface area contributed by atoms with Gasteiger partial charge in [-0.2, -0.15) is 18.4 Å². The number of nitrogens with zero attached hydrogens (tertiary/aromatic N) is 2. The van der Waals surface area contributed by atoms with Crippen molar-refractivity contribution in [3.63, 3.8) is 0 Å². The summed E-state index contributed by atoms with van der Waals surface area (Å²) in [6.07, 6.45) is -3.50. The first-order valence-corrected chi connectivity index (χ1v) is 9.38. The summed E-state index contributed by atoms with van der Waals surface area (Å²) in [5.41, 5.74) is -1.16. The predicted octanol–water partition coefficient (Wildman–Crippen LogP) is 5.15. The quantitative estimate of drug-likeness (QED) is 0.435. The molecule has 0 spiro atoms. The zero-order valence-corrected chi connectivity index (χ0v) is 16.5. The second-order valence-corrected chi connectivity index (χ2v) is 7.72. The predicted molar refractivity (Wildman–Crippen MR) is 107 cm³/mol. The minimum atomic E-state index is -5.05. The highest BCUT2D eigenvalue weighted by molar-refractivity contribution is 5.89. The van der Waals surface area contributed by atoms with Gasteiger partial charge in [-0.15, -0.1) is 0 Å². The molecule has 0 aliphatic carbocycles. The van der Waals surface area contributed by atoms with E-state index in [0.29, 0.717) is 11.1 Å². The number of imidazole rings is 1. The largest absolute Gasteiger partial charge is 0.428 e. The highest BCUT2D eigenvalue weighted by atomic mass is 19.4. The summed E-state index contributed by atoms with van der Waals surface area (Å²) in [7, 11) is 0. The number of halogens is 3. The molecule has 8 heteroatoms. The zero-order chi connectivity index (χ0) is 21.8. The molecule has 0 saturated carbocycles. The Morgan fingerprint density at radius 3 is 2.53 bits per heavy atom. The number of aliphatic hydroxyl groups is 1. The molecule has 3 N–H and O–H groups in total. The fraction of sp³-hybridized carbons (Fsp3) is 0.273. The first-order valence-electron chi connectivity index (χ1n) is 9.38. The van der Waals surface area contributed by atoms with Crippen molar-refractivity contribution in [3.05, 3.63) is 64.6 Å². The van der Waals surface area contributed by atoms with Gasteiger partial charge in [0.15, 0.2) is 5.82 Å². The molecule has 4 aromatic rings. The first-order chi connectivity index (χ1) is 14.1. The monoisotopic (exact) mass is 412 g/mol. The molecule has 30 heavy (non-hydrogen) atoms. The maximum Gasteiger partial charge on any atom is 0.428 e. The summed E-state index contributed by atoms with van der Waals surface area (Å²) in [5, 5.41) is 20.7. The van der Waals surface area contributed by atoms with Gasteiger partial charge in [-0.1, -0.05) is 19.9 Å². The van der Waals surface area contributed by atoms with Crippen LogP contribution in [0.4, 0.5) is 13.2 Å². The summed E-state index contributed by atoms with van der Waals surface area (Å²) >= 11 is 0. The van der Waals surface area contributed by atoms with Crippen molar-refractivity contribution in [3.8, 4) is 6.07 Å². The average molecular weight is 412 g/mol. The first kappa shape index (κ1) is 20.0. The molecule has 0 fully saturated rings. The Morgan fingerprint density at radius 1 is 1.17 bits per heavy atom. The Morgan fingerprint density at radius 2 is 1.90 bits per heavy atom. The van der Waals surface area contributed by atoms with Crippen molar-refractivity contribution >= 4 is 21.9 Å². The molecule has 0 aliphatic rings. The maximum absolute atomic E-state index is 14.6. The van der Waals surface area contributed by atoms with Crippen LogP contribution in [0.5, 0.6) is 0 Å². The molecule has 0 saturated heterocycles. The second kappa shape index (κ2) is 6.61. The van der Waals surface area contributed by atoms with Crippen molar-refractivity contribution in [1.29, 1.82) is 5.26 Å². The average Bonchev–Trinajstić information content (AvgIpc) is 3.33. The lowest BCUT2D eigenvalue weighted by atomic mass is 9.81. The van der Waals surface area contributed by atoms with E-state index < -0.39 is 17.6 Å². The maximum atomic E-state index is 14.6. The van der Waals surface area contributed by atoms with Gasteiger partial charge in [-0.3, -0.25) is 0 Å². The normalized spacial score (nSPS) is 14.4. The van der Waals surface area contributed by atoms with Gasteiger partial charge in [-0.05, 0) is 48.2 Å². The smallest absolute Gasteiger partial charge is 0.370 e. The van der Waals surface area contributed by atoms with E-state index >= 15 is 0 Å². The van der Waals surface area contributed by atoms with E-state index in [9.17, 15) is 18.3 Å². The zero-order valence-electron chi connectivity index (χ0n) is 16.5. The molecule has 2 aromatic carbocycles. The van der Waals surface area contributed by atoms with Crippen molar-refractivity contribution in [2.24, 2.45) is 0 Å². The number of aryl methyl sites for hydroxylation is 1. The van der Waals surface area contributed by atoms with E-state index in [-0.39, 0.29) is 33.5 Å². The van der Waals surface area contributed by atoms with Gasteiger partial charge in [0.2, 0.25) is 5.60 Å². The van der Waals surface area contributed by atoms with Crippen LogP contribution in [0.3, 0.4) is 0 Å². The third-order valence-corrected chi connectivity index (χ3v) is 5.42. The van der Waals surface area contributed by atoms with Crippen LogP contribution in [-0.2, 0) is 5.60 Å². The SMILES string of the molecule is Cc1cc(C(C)C)c(C(O)(c2nc3ccc(C#N)cc3[nH]2)C(F)(F)F)c2cc[nH]c12. The number of benzene rings is 2. The van der Waals surface area contributed by atoms with Crippen LogP contribution >= 0.6 is 0 Å². The lowest BCUT2D eigenvalue weighted by Crippen LogP contribution is -2.45. The summed E-state index contributed by atoms with van der Waals surface area (Å²) < 4.78 is 43.7. The highest BCUT2D eigenvalue weighted by Gasteiger charge is 2.60. The number of aromatic nitrogens is 3. The minimum Gasteiger partial charge on any atom is -0.370 e. The fourth-order valence-electron chi connectivity index (χ4n) is 3.94. The minimum absolute atomic E-state index is 0.232.